The predicted octanol–water partition coefficient (Wildman–Crippen LogP) is 4.36. The standard InChI is InChI=1S/C25H29F4N5O2/c1-16(30-21-6-4-5-7-22(21)32(3)36)18-12-17(26)13-20-19(18)14-23(31(2)24(20)35)34-10-8-33(9-11-34)15-25(27,28)29/h4-7,12-14,16,30,36H,8-11,15H2,1-3H3. The molecule has 2 aromatic carbocycles. The van der Waals surface area contributed by atoms with Crippen LogP contribution in [0, 0.1) is 5.82 Å². The Balaban J connectivity index is 1.70. The van der Waals surface area contributed by atoms with Gasteiger partial charge in [0.1, 0.15) is 11.6 Å². The number of benzene rings is 2. The van der Waals surface area contributed by atoms with Crippen LogP contribution in [0.1, 0.15) is 18.5 Å². The fourth-order valence-electron chi connectivity index (χ4n) is 4.73. The van der Waals surface area contributed by atoms with Crippen molar-refractivity contribution in [3.8, 4) is 0 Å². The number of halogens is 4. The fraction of sp³-hybridized carbons (Fsp3) is 0.400. The Morgan fingerprint density at radius 1 is 1.08 bits per heavy atom. The number of fused-ring (bicyclic) bond motifs is 1. The van der Waals surface area contributed by atoms with E-state index in [0.717, 1.165) is 5.06 Å². The van der Waals surface area contributed by atoms with Gasteiger partial charge < -0.3 is 10.2 Å². The minimum absolute atomic E-state index is 0.214. The van der Waals surface area contributed by atoms with Crippen molar-refractivity contribution in [2.24, 2.45) is 7.05 Å². The molecule has 0 amide bonds. The first-order chi connectivity index (χ1) is 16.9. The molecule has 4 rings (SSSR count). The molecular formula is C25H29F4N5O2. The van der Waals surface area contributed by atoms with Crippen molar-refractivity contribution < 1.29 is 22.8 Å². The van der Waals surface area contributed by atoms with Gasteiger partial charge in [-0.1, -0.05) is 12.1 Å². The molecule has 2 heterocycles. The van der Waals surface area contributed by atoms with E-state index in [1.807, 2.05) is 11.8 Å². The van der Waals surface area contributed by atoms with Crippen LogP contribution in [0.4, 0.5) is 34.8 Å². The second kappa shape index (κ2) is 9.98. The van der Waals surface area contributed by atoms with Crippen molar-refractivity contribution in [2.45, 2.75) is 19.1 Å². The van der Waals surface area contributed by atoms with Gasteiger partial charge in [0.05, 0.1) is 23.3 Å². The number of piperazine rings is 1. The third-order valence-corrected chi connectivity index (χ3v) is 6.52. The zero-order valence-electron chi connectivity index (χ0n) is 20.3. The zero-order chi connectivity index (χ0) is 26.2. The molecule has 3 aromatic rings. The van der Waals surface area contributed by atoms with E-state index in [1.54, 1.807) is 37.4 Å². The average Bonchev–Trinajstić information content (AvgIpc) is 2.81. The number of anilines is 3. The Morgan fingerprint density at radius 3 is 2.39 bits per heavy atom. The fourth-order valence-corrected chi connectivity index (χ4v) is 4.73. The molecule has 0 radical (unpaired) electrons. The summed E-state index contributed by atoms with van der Waals surface area (Å²) >= 11 is 0. The first-order valence-corrected chi connectivity index (χ1v) is 11.6. The third kappa shape index (κ3) is 5.41. The first-order valence-electron chi connectivity index (χ1n) is 11.6. The molecule has 0 aliphatic carbocycles. The number of rotatable bonds is 6. The van der Waals surface area contributed by atoms with E-state index in [1.165, 1.54) is 28.6 Å². The van der Waals surface area contributed by atoms with Crippen LogP contribution < -0.4 is 20.8 Å². The minimum Gasteiger partial charge on any atom is -0.377 e. The maximum absolute atomic E-state index is 14.6. The van der Waals surface area contributed by atoms with Crippen molar-refractivity contribution in [3.63, 3.8) is 0 Å². The van der Waals surface area contributed by atoms with E-state index in [0.29, 0.717) is 41.2 Å². The number of pyridine rings is 1. The van der Waals surface area contributed by atoms with Crippen LogP contribution in [0.25, 0.3) is 10.8 Å². The molecule has 1 aliphatic heterocycles. The monoisotopic (exact) mass is 507 g/mol. The summed E-state index contributed by atoms with van der Waals surface area (Å²) in [6.45, 7) is 1.95. The molecular weight excluding hydrogens is 478 g/mol. The van der Waals surface area contributed by atoms with E-state index >= 15 is 0 Å². The highest BCUT2D eigenvalue weighted by Gasteiger charge is 2.32. The average molecular weight is 508 g/mol. The van der Waals surface area contributed by atoms with Gasteiger partial charge in [0, 0.05) is 46.3 Å². The maximum atomic E-state index is 14.6. The molecule has 1 fully saturated rings. The number of hydrogen-bond donors (Lipinski definition) is 2. The van der Waals surface area contributed by atoms with Crippen LogP contribution >= 0.6 is 0 Å². The van der Waals surface area contributed by atoms with Gasteiger partial charge >= 0.3 is 6.18 Å². The zero-order valence-corrected chi connectivity index (χ0v) is 20.3. The summed E-state index contributed by atoms with van der Waals surface area (Å²) in [6, 6.07) is 11.0. The van der Waals surface area contributed by atoms with Gasteiger partial charge in [0.15, 0.2) is 0 Å². The highest BCUT2D eigenvalue weighted by Crippen LogP contribution is 2.32. The lowest BCUT2D eigenvalue weighted by atomic mass is 9.99. The molecule has 0 spiro atoms. The highest BCUT2D eigenvalue weighted by molar-refractivity contribution is 5.88. The van der Waals surface area contributed by atoms with Crippen LogP contribution in [0.15, 0.2) is 47.3 Å². The number of aromatic nitrogens is 1. The number of alkyl halides is 3. The van der Waals surface area contributed by atoms with E-state index in [-0.39, 0.29) is 24.0 Å². The third-order valence-electron chi connectivity index (χ3n) is 6.52. The smallest absolute Gasteiger partial charge is 0.377 e. The minimum atomic E-state index is -4.26. The first kappa shape index (κ1) is 25.8. The highest BCUT2D eigenvalue weighted by atomic mass is 19.4. The Kier molecular flexibility index (Phi) is 7.14. The van der Waals surface area contributed by atoms with Crippen molar-refractivity contribution >= 4 is 28.0 Å². The summed E-state index contributed by atoms with van der Waals surface area (Å²) < 4.78 is 54.4. The topological polar surface area (TPSA) is 64.0 Å². The Labute approximate surface area is 206 Å². The van der Waals surface area contributed by atoms with Gasteiger partial charge in [-0.15, -0.1) is 0 Å². The SMILES string of the molecule is CC(Nc1ccccc1N(C)O)c1cc(F)cc2c(=O)n(C)c(N3CCN(CC(F)(F)F)CC3)cc12. The van der Waals surface area contributed by atoms with Crippen molar-refractivity contribution in [2.75, 3.05) is 55.1 Å². The summed E-state index contributed by atoms with van der Waals surface area (Å²) in [5, 5.41) is 15.0. The second-order valence-corrected chi connectivity index (χ2v) is 9.11. The largest absolute Gasteiger partial charge is 0.401 e. The lowest BCUT2D eigenvalue weighted by Crippen LogP contribution is -2.50. The molecule has 1 atom stereocenters. The maximum Gasteiger partial charge on any atom is 0.401 e. The van der Waals surface area contributed by atoms with Gasteiger partial charge in [-0.2, -0.15) is 13.2 Å². The van der Waals surface area contributed by atoms with Crippen LogP contribution in [0.3, 0.4) is 0 Å². The molecule has 2 N–H and O–H groups in total. The number of hydroxylamine groups is 1. The van der Waals surface area contributed by atoms with E-state index < -0.39 is 24.6 Å². The molecule has 7 nitrogen and oxygen atoms in total. The molecule has 11 heteroatoms. The van der Waals surface area contributed by atoms with Gasteiger partial charge in [0.25, 0.3) is 5.56 Å². The van der Waals surface area contributed by atoms with E-state index in [2.05, 4.69) is 5.32 Å². The van der Waals surface area contributed by atoms with E-state index in [4.69, 9.17) is 0 Å². The molecule has 1 aromatic heterocycles. The lowest BCUT2D eigenvalue weighted by Gasteiger charge is -2.37. The van der Waals surface area contributed by atoms with Crippen molar-refractivity contribution in [1.29, 1.82) is 0 Å². The molecule has 1 unspecified atom stereocenters. The summed E-state index contributed by atoms with van der Waals surface area (Å²) in [5.41, 5.74) is 1.31. The number of para-hydroxylation sites is 2. The molecule has 0 saturated carbocycles. The van der Waals surface area contributed by atoms with Gasteiger partial charge in [-0.25, -0.2) is 4.39 Å². The number of nitrogens with zero attached hydrogens (tertiary/aromatic N) is 4. The molecule has 36 heavy (non-hydrogen) atoms. The summed E-state index contributed by atoms with van der Waals surface area (Å²) in [5.74, 6) is 0.0130. The van der Waals surface area contributed by atoms with Crippen LogP contribution in [0.5, 0.6) is 0 Å². The van der Waals surface area contributed by atoms with Crippen molar-refractivity contribution in [1.82, 2.24) is 9.47 Å². The number of nitrogens with one attached hydrogen (secondary N) is 1. The van der Waals surface area contributed by atoms with Gasteiger partial charge in [0.2, 0.25) is 0 Å². The summed E-state index contributed by atoms with van der Waals surface area (Å²) in [7, 11) is 3.08. The lowest BCUT2D eigenvalue weighted by molar-refractivity contribution is -0.146. The molecule has 194 valence electrons. The number of hydrogen-bond acceptors (Lipinski definition) is 6. The molecule has 0 bridgehead atoms. The normalized spacial score (nSPS) is 15.8. The molecule has 1 saturated heterocycles. The van der Waals surface area contributed by atoms with Crippen LogP contribution in [-0.4, -0.2) is 60.6 Å². The van der Waals surface area contributed by atoms with Gasteiger partial charge in [-0.05, 0) is 48.2 Å². The van der Waals surface area contributed by atoms with Crippen LogP contribution in [-0.2, 0) is 7.05 Å². The van der Waals surface area contributed by atoms with Crippen LogP contribution in [0.2, 0.25) is 0 Å². The predicted molar refractivity (Wildman–Crippen MR) is 133 cm³/mol. The molecule has 1 aliphatic rings. The Bertz CT molecular complexity index is 1300. The van der Waals surface area contributed by atoms with Crippen molar-refractivity contribution in [3.05, 3.63) is 64.2 Å². The second-order valence-electron chi connectivity index (χ2n) is 9.11. The summed E-state index contributed by atoms with van der Waals surface area (Å²) in [6.07, 6.45) is -4.26. The Hall–Kier alpha value is -3.31. The Morgan fingerprint density at radius 2 is 1.75 bits per heavy atom. The van der Waals surface area contributed by atoms with Gasteiger partial charge in [-0.3, -0.25) is 24.5 Å². The van der Waals surface area contributed by atoms with E-state index in [9.17, 15) is 27.6 Å². The quantitative estimate of drug-likeness (QED) is 0.382. The summed E-state index contributed by atoms with van der Waals surface area (Å²) in [4.78, 5) is 16.5.